The Hall–Kier alpha value is -3.48. The molecule has 0 aliphatic rings. The summed E-state index contributed by atoms with van der Waals surface area (Å²) >= 11 is 0. The average Bonchev–Trinajstić information content (AvgIpc) is 2.82. The summed E-state index contributed by atoms with van der Waals surface area (Å²) in [7, 11) is 0. The van der Waals surface area contributed by atoms with Gasteiger partial charge in [-0.3, -0.25) is 0 Å². The molecule has 3 aromatic rings. The fourth-order valence-electron chi connectivity index (χ4n) is 3.43. The minimum absolute atomic E-state index is 0.00377. The summed E-state index contributed by atoms with van der Waals surface area (Å²) in [4.78, 5) is 0.813. The lowest BCUT2D eigenvalue weighted by molar-refractivity contribution is -0.200. The number of aliphatic hydroxyl groups is 1. The maximum absolute atomic E-state index is 14.3. The fraction of sp³-hybridized carbons (Fsp3) is 0.280. The number of halogens is 10. The molecule has 3 nitrogen and oxygen atoms in total. The third-order valence-electron chi connectivity index (χ3n) is 5.35. The molecule has 0 amide bonds. The first kappa shape index (κ1) is 29.1. The van der Waals surface area contributed by atoms with E-state index >= 15 is 0 Å². The Labute approximate surface area is 209 Å². The second-order valence-corrected chi connectivity index (χ2v) is 8.23. The van der Waals surface area contributed by atoms with Crippen LogP contribution < -0.4 is 9.64 Å². The molecule has 3 rings (SSSR count). The number of aliphatic hydroxyl groups excluding tert-OH is 1. The van der Waals surface area contributed by atoms with Crippen molar-refractivity contribution in [2.75, 3.05) is 11.4 Å². The van der Waals surface area contributed by atoms with Gasteiger partial charge in [0.15, 0.2) is 6.10 Å². The van der Waals surface area contributed by atoms with Gasteiger partial charge in [0, 0.05) is 23.9 Å². The van der Waals surface area contributed by atoms with Gasteiger partial charge >= 0.3 is 18.5 Å². The average molecular weight is 555 g/mol. The quantitative estimate of drug-likeness (QED) is 0.295. The second kappa shape index (κ2) is 11.1. The van der Waals surface area contributed by atoms with Crippen molar-refractivity contribution in [3.05, 3.63) is 94.8 Å². The molecule has 0 aliphatic heterocycles. The molecule has 0 fully saturated rings. The normalized spacial score (nSPS) is 13.3. The fourth-order valence-corrected chi connectivity index (χ4v) is 3.43. The van der Waals surface area contributed by atoms with Crippen LogP contribution in [-0.4, -0.2) is 23.9 Å². The first-order chi connectivity index (χ1) is 17.5. The largest absolute Gasteiger partial charge is 0.489 e. The number of hydrogen-bond donors (Lipinski definition) is 1. The molecule has 0 heterocycles. The summed E-state index contributed by atoms with van der Waals surface area (Å²) in [5, 5.41) is 9.60. The van der Waals surface area contributed by atoms with E-state index in [0.717, 1.165) is 17.0 Å². The predicted molar refractivity (Wildman–Crippen MR) is 117 cm³/mol. The van der Waals surface area contributed by atoms with Crippen molar-refractivity contribution in [3.8, 4) is 5.75 Å². The molecule has 38 heavy (non-hydrogen) atoms. The third-order valence-corrected chi connectivity index (χ3v) is 5.35. The highest BCUT2D eigenvalue weighted by atomic mass is 19.4. The van der Waals surface area contributed by atoms with Gasteiger partial charge < -0.3 is 14.7 Å². The topological polar surface area (TPSA) is 32.7 Å². The first-order valence-electron chi connectivity index (χ1n) is 10.8. The molecule has 0 saturated carbocycles. The van der Waals surface area contributed by atoms with E-state index < -0.39 is 60.2 Å². The van der Waals surface area contributed by atoms with E-state index in [4.69, 9.17) is 4.74 Å². The number of alkyl halides is 9. The van der Waals surface area contributed by atoms with Gasteiger partial charge in [0.1, 0.15) is 18.2 Å². The van der Waals surface area contributed by atoms with Crippen molar-refractivity contribution < 1.29 is 53.7 Å². The first-order valence-corrected chi connectivity index (χ1v) is 10.8. The Morgan fingerprint density at radius 2 is 1.39 bits per heavy atom. The van der Waals surface area contributed by atoms with Crippen LogP contribution in [0.4, 0.5) is 49.6 Å². The van der Waals surface area contributed by atoms with Crippen LogP contribution in [0.15, 0.2) is 66.7 Å². The van der Waals surface area contributed by atoms with Gasteiger partial charge in [0.25, 0.3) is 0 Å². The smallest absolute Gasteiger partial charge is 0.416 e. The maximum atomic E-state index is 14.3. The zero-order valence-electron chi connectivity index (χ0n) is 19.1. The van der Waals surface area contributed by atoms with Gasteiger partial charge in [0.2, 0.25) is 0 Å². The number of rotatable bonds is 8. The Balaban J connectivity index is 1.88. The van der Waals surface area contributed by atoms with Crippen LogP contribution in [0.3, 0.4) is 0 Å². The van der Waals surface area contributed by atoms with E-state index in [2.05, 4.69) is 0 Å². The molecular weight excluding hydrogens is 536 g/mol. The Bertz CT molecular complexity index is 1240. The second-order valence-electron chi connectivity index (χ2n) is 8.23. The highest BCUT2D eigenvalue weighted by Gasteiger charge is 2.39. The van der Waals surface area contributed by atoms with Gasteiger partial charge in [-0.25, -0.2) is 4.39 Å². The van der Waals surface area contributed by atoms with Gasteiger partial charge in [-0.05, 0) is 48.0 Å². The summed E-state index contributed by atoms with van der Waals surface area (Å²) in [5.74, 6) is -1.11. The summed E-state index contributed by atoms with van der Waals surface area (Å²) in [6, 6.07) is 10.8. The third kappa shape index (κ3) is 7.76. The Morgan fingerprint density at radius 1 is 0.763 bits per heavy atom. The van der Waals surface area contributed by atoms with Crippen LogP contribution in [0.25, 0.3) is 0 Å². The molecule has 1 atom stereocenters. The summed E-state index contributed by atoms with van der Waals surface area (Å²) in [6.07, 6.45) is -17.4. The molecule has 0 aromatic heterocycles. The van der Waals surface area contributed by atoms with Crippen LogP contribution >= 0.6 is 0 Å². The Morgan fingerprint density at radius 3 is 2.03 bits per heavy atom. The van der Waals surface area contributed by atoms with Crippen LogP contribution in [0.5, 0.6) is 5.75 Å². The number of benzene rings is 3. The monoisotopic (exact) mass is 555 g/mol. The zero-order chi connectivity index (χ0) is 28.3. The van der Waals surface area contributed by atoms with E-state index in [0.29, 0.717) is 18.2 Å². The van der Waals surface area contributed by atoms with Crippen LogP contribution in [-0.2, 0) is 25.5 Å². The van der Waals surface area contributed by atoms with E-state index in [1.54, 1.807) is 0 Å². The van der Waals surface area contributed by atoms with Crippen LogP contribution in [0, 0.1) is 5.82 Å². The lowest BCUT2D eigenvalue weighted by Gasteiger charge is -2.29. The van der Waals surface area contributed by atoms with E-state index in [1.807, 2.05) is 0 Å². The molecule has 0 bridgehead atoms. The van der Waals surface area contributed by atoms with Gasteiger partial charge in [0.05, 0.1) is 17.7 Å². The molecule has 0 radical (unpaired) electrons. The molecule has 1 N–H and O–H groups in total. The van der Waals surface area contributed by atoms with Gasteiger partial charge in [-0.1, -0.05) is 18.2 Å². The number of nitrogens with zero attached hydrogens (tertiary/aromatic N) is 1. The standard InChI is InChI=1S/C25H19F10NO2/c26-21-8-7-18(24(30,31)32)10-16(21)12-36(13-22(37)25(33,34)35)19-5-2-6-20(11-19)38-14-15-3-1-4-17(9-15)23(27,28)29/h1-11,22,37H,12-14H2/t22-/m1/s1. The highest BCUT2D eigenvalue weighted by Crippen LogP contribution is 2.33. The Kier molecular flexibility index (Phi) is 8.49. The van der Waals surface area contributed by atoms with Gasteiger partial charge in [-0.2, -0.15) is 39.5 Å². The lowest BCUT2D eigenvalue weighted by atomic mass is 10.1. The molecular formula is C25H19F10NO2. The number of anilines is 1. The molecule has 0 saturated heterocycles. The summed E-state index contributed by atoms with van der Waals surface area (Å²) in [6.45, 7) is -2.28. The summed E-state index contributed by atoms with van der Waals surface area (Å²) < 4.78 is 137. The van der Waals surface area contributed by atoms with E-state index in [1.165, 1.54) is 36.4 Å². The molecule has 206 valence electrons. The number of ether oxygens (including phenoxy) is 1. The lowest BCUT2D eigenvalue weighted by Crippen LogP contribution is -2.41. The molecule has 0 aliphatic carbocycles. The molecule has 13 heteroatoms. The summed E-state index contributed by atoms with van der Waals surface area (Å²) in [5.41, 5.74) is -2.65. The van der Waals surface area contributed by atoms with Crippen molar-refractivity contribution in [1.82, 2.24) is 0 Å². The van der Waals surface area contributed by atoms with Crippen molar-refractivity contribution in [2.45, 2.75) is 37.8 Å². The van der Waals surface area contributed by atoms with Crippen molar-refractivity contribution in [1.29, 1.82) is 0 Å². The minimum Gasteiger partial charge on any atom is -0.489 e. The van der Waals surface area contributed by atoms with E-state index in [9.17, 15) is 49.0 Å². The van der Waals surface area contributed by atoms with E-state index in [-0.39, 0.29) is 23.6 Å². The predicted octanol–water partition coefficient (Wildman–Crippen LogP) is 7.37. The van der Waals surface area contributed by atoms with Crippen molar-refractivity contribution in [2.24, 2.45) is 0 Å². The van der Waals surface area contributed by atoms with Crippen LogP contribution in [0.1, 0.15) is 22.3 Å². The number of hydrogen-bond acceptors (Lipinski definition) is 3. The van der Waals surface area contributed by atoms with Crippen LogP contribution in [0.2, 0.25) is 0 Å². The highest BCUT2D eigenvalue weighted by molar-refractivity contribution is 5.52. The zero-order valence-corrected chi connectivity index (χ0v) is 19.1. The maximum Gasteiger partial charge on any atom is 0.416 e. The molecule has 0 spiro atoms. The van der Waals surface area contributed by atoms with Gasteiger partial charge in [-0.15, -0.1) is 0 Å². The molecule has 3 aromatic carbocycles. The molecule has 0 unspecified atom stereocenters. The SMILES string of the molecule is O[C@H](CN(Cc1cc(C(F)(F)F)ccc1F)c1cccc(OCc2cccc(C(F)(F)F)c2)c1)C(F)(F)F. The minimum atomic E-state index is -5.08. The van der Waals surface area contributed by atoms with Crippen molar-refractivity contribution in [3.63, 3.8) is 0 Å². The van der Waals surface area contributed by atoms with Crippen molar-refractivity contribution >= 4 is 5.69 Å².